The van der Waals surface area contributed by atoms with E-state index >= 15 is 0 Å². The second-order valence-electron chi connectivity index (χ2n) is 12.3. The van der Waals surface area contributed by atoms with Gasteiger partial charge in [-0.1, -0.05) is 105 Å². The first-order chi connectivity index (χ1) is 19.8. The van der Waals surface area contributed by atoms with E-state index in [2.05, 4.69) is 77.7 Å². The van der Waals surface area contributed by atoms with Crippen LogP contribution < -0.4 is 0 Å². The van der Waals surface area contributed by atoms with Gasteiger partial charge in [0.1, 0.15) is 6.04 Å². The molecule has 3 saturated heterocycles. The molecule has 6 heteroatoms. The quantitative estimate of drug-likeness (QED) is 0.301. The Morgan fingerprint density at radius 1 is 0.805 bits per heavy atom. The Labute approximate surface area is 242 Å². The van der Waals surface area contributed by atoms with Crippen LogP contribution in [-0.4, -0.2) is 70.6 Å². The molecule has 41 heavy (non-hydrogen) atoms. The minimum Gasteiger partial charge on any atom is -0.340 e. The summed E-state index contributed by atoms with van der Waals surface area (Å²) in [5.41, 5.74) is 2.17. The molecule has 212 valence electrons. The predicted molar refractivity (Wildman–Crippen MR) is 159 cm³/mol. The van der Waals surface area contributed by atoms with Crippen LogP contribution in [0.1, 0.15) is 50.3 Å². The highest BCUT2D eigenvalue weighted by molar-refractivity contribution is 5.93. The number of likely N-dealkylation sites (tertiary alicyclic amines) is 2. The number of carbonyl (C=O) groups is 3. The number of hydrogen-bond donors (Lipinski definition) is 0. The lowest BCUT2D eigenvalue weighted by Gasteiger charge is -2.38. The number of ketones is 1. The van der Waals surface area contributed by atoms with Crippen molar-refractivity contribution >= 4 is 17.6 Å². The minimum absolute atomic E-state index is 0.0315. The van der Waals surface area contributed by atoms with Crippen LogP contribution in [0.15, 0.2) is 91.0 Å². The van der Waals surface area contributed by atoms with Gasteiger partial charge in [-0.3, -0.25) is 19.3 Å². The van der Waals surface area contributed by atoms with Gasteiger partial charge < -0.3 is 9.80 Å². The molecule has 3 aromatic rings. The molecule has 6 nitrogen and oxygen atoms in total. The van der Waals surface area contributed by atoms with Crippen LogP contribution in [0.2, 0.25) is 0 Å². The van der Waals surface area contributed by atoms with Gasteiger partial charge in [-0.25, -0.2) is 0 Å². The van der Waals surface area contributed by atoms with Crippen molar-refractivity contribution in [3.05, 3.63) is 108 Å². The summed E-state index contributed by atoms with van der Waals surface area (Å²) in [7, 11) is 0. The second-order valence-corrected chi connectivity index (χ2v) is 12.3. The Morgan fingerprint density at radius 3 is 1.76 bits per heavy atom. The first kappa shape index (κ1) is 27.4. The monoisotopic (exact) mass is 549 g/mol. The third-order valence-corrected chi connectivity index (χ3v) is 9.50. The van der Waals surface area contributed by atoms with Crippen LogP contribution in [0.25, 0.3) is 0 Å². The predicted octanol–water partition coefficient (Wildman–Crippen LogP) is 4.73. The first-order valence-corrected chi connectivity index (χ1v) is 14.8. The summed E-state index contributed by atoms with van der Waals surface area (Å²) >= 11 is 0. The normalized spacial score (nSPS) is 24.7. The van der Waals surface area contributed by atoms with Gasteiger partial charge in [-0.2, -0.15) is 0 Å². The van der Waals surface area contributed by atoms with Crippen molar-refractivity contribution in [2.24, 2.45) is 11.3 Å². The largest absolute Gasteiger partial charge is 0.340 e. The Kier molecular flexibility index (Phi) is 7.06. The zero-order valence-corrected chi connectivity index (χ0v) is 24.2. The van der Waals surface area contributed by atoms with Gasteiger partial charge in [0.2, 0.25) is 11.8 Å². The number of benzene rings is 3. The maximum atomic E-state index is 14.1. The van der Waals surface area contributed by atoms with Gasteiger partial charge in [-0.15, -0.1) is 0 Å². The van der Waals surface area contributed by atoms with Crippen LogP contribution in [-0.2, 0) is 19.9 Å². The van der Waals surface area contributed by atoms with E-state index in [9.17, 15) is 14.4 Å². The highest BCUT2D eigenvalue weighted by Crippen LogP contribution is 2.49. The first-order valence-electron chi connectivity index (χ1n) is 14.8. The molecule has 0 N–H and O–H groups in total. The molecule has 0 aromatic heterocycles. The van der Waals surface area contributed by atoms with Gasteiger partial charge in [-0.05, 0) is 42.4 Å². The fourth-order valence-corrected chi connectivity index (χ4v) is 7.57. The van der Waals surface area contributed by atoms with Gasteiger partial charge in [0, 0.05) is 26.2 Å². The minimum atomic E-state index is -0.618. The second kappa shape index (κ2) is 10.6. The van der Waals surface area contributed by atoms with E-state index in [0.717, 1.165) is 16.7 Å². The van der Waals surface area contributed by atoms with Crippen LogP contribution >= 0.6 is 0 Å². The summed E-state index contributed by atoms with van der Waals surface area (Å²) in [6, 6.07) is 30.7. The Bertz CT molecular complexity index is 1330. The topological polar surface area (TPSA) is 60.7 Å². The molecule has 3 aromatic carbocycles. The van der Waals surface area contributed by atoms with Crippen LogP contribution in [0.3, 0.4) is 0 Å². The number of carbonyl (C=O) groups excluding carboxylic acids is 3. The van der Waals surface area contributed by atoms with Crippen molar-refractivity contribution in [1.82, 2.24) is 14.7 Å². The molecule has 4 atom stereocenters. The number of Topliss-reactive ketones (excluding diaryl/α,β-unsaturated/α-hetero) is 1. The molecule has 0 bridgehead atoms. The third-order valence-electron chi connectivity index (χ3n) is 9.50. The molecule has 3 heterocycles. The van der Waals surface area contributed by atoms with E-state index in [1.165, 1.54) is 0 Å². The van der Waals surface area contributed by atoms with Crippen molar-refractivity contribution in [3.8, 4) is 0 Å². The number of hydrogen-bond acceptors (Lipinski definition) is 4. The summed E-state index contributed by atoms with van der Waals surface area (Å²) in [6.45, 7) is 7.80. The van der Waals surface area contributed by atoms with E-state index in [1.54, 1.807) is 11.8 Å². The number of nitrogens with zero attached hydrogens (tertiary/aromatic N) is 3. The van der Waals surface area contributed by atoms with E-state index in [4.69, 9.17) is 0 Å². The van der Waals surface area contributed by atoms with Gasteiger partial charge >= 0.3 is 0 Å². The van der Waals surface area contributed by atoms with Crippen molar-refractivity contribution < 1.29 is 14.4 Å². The number of rotatable bonds is 8. The standard InChI is InChI=1S/C35H39N3O3/c1-25(2)31(26(3)39)37-22-20-34(33(37)41)19-21-36(24-34)32(40)30-23-38(30)35(27-13-7-4-8-14-27,28-15-9-5-10-16-28)29-17-11-6-12-18-29/h4-18,25,30-31H,19-24H2,1-3H3/t30-,31+,34+,38?/m1/s1. The Morgan fingerprint density at radius 2 is 1.29 bits per heavy atom. The molecule has 3 fully saturated rings. The zero-order valence-electron chi connectivity index (χ0n) is 24.2. The maximum absolute atomic E-state index is 14.1. The van der Waals surface area contributed by atoms with Crippen molar-refractivity contribution in [1.29, 1.82) is 0 Å². The van der Waals surface area contributed by atoms with E-state index in [1.807, 2.05) is 36.9 Å². The lowest BCUT2D eigenvalue weighted by Crippen LogP contribution is -2.48. The average molecular weight is 550 g/mol. The molecule has 1 spiro atoms. The smallest absolute Gasteiger partial charge is 0.241 e. The van der Waals surface area contributed by atoms with E-state index in [-0.39, 0.29) is 29.6 Å². The molecule has 0 radical (unpaired) electrons. The fraction of sp³-hybridized carbons (Fsp3) is 0.400. The average Bonchev–Trinajstić information content (AvgIpc) is 3.57. The summed E-state index contributed by atoms with van der Waals surface area (Å²) < 4.78 is 0. The highest BCUT2D eigenvalue weighted by Gasteiger charge is 2.59. The van der Waals surface area contributed by atoms with Gasteiger partial charge in [0.15, 0.2) is 5.78 Å². The molecular weight excluding hydrogens is 510 g/mol. The summed E-state index contributed by atoms with van der Waals surface area (Å²) in [6.07, 6.45) is 1.35. The van der Waals surface area contributed by atoms with Crippen LogP contribution in [0.5, 0.6) is 0 Å². The Hall–Kier alpha value is -3.77. The van der Waals surface area contributed by atoms with Gasteiger partial charge in [0.25, 0.3) is 0 Å². The molecule has 1 unspecified atom stereocenters. The van der Waals surface area contributed by atoms with Crippen LogP contribution in [0.4, 0.5) is 0 Å². The van der Waals surface area contributed by atoms with E-state index in [0.29, 0.717) is 39.0 Å². The van der Waals surface area contributed by atoms with Crippen molar-refractivity contribution in [2.75, 3.05) is 26.2 Å². The van der Waals surface area contributed by atoms with E-state index < -0.39 is 17.0 Å². The molecule has 3 aliphatic rings. The Balaban J connectivity index is 1.29. The SMILES string of the molecule is CC(=O)[C@H](C(C)C)N1CC[C@]2(CCN(C(=O)[C@H]3CN3C(c3ccccc3)(c3ccccc3)c3ccccc3)C2)C1=O. The summed E-state index contributed by atoms with van der Waals surface area (Å²) in [4.78, 5) is 46.3. The van der Waals surface area contributed by atoms with Crippen molar-refractivity contribution in [3.63, 3.8) is 0 Å². The highest BCUT2D eigenvalue weighted by atomic mass is 16.2. The molecular formula is C35H39N3O3. The lowest BCUT2D eigenvalue weighted by molar-refractivity contribution is -0.143. The maximum Gasteiger partial charge on any atom is 0.241 e. The molecule has 6 rings (SSSR count). The van der Waals surface area contributed by atoms with Crippen molar-refractivity contribution in [2.45, 2.75) is 51.2 Å². The summed E-state index contributed by atoms with van der Waals surface area (Å²) in [5, 5.41) is 0. The fourth-order valence-electron chi connectivity index (χ4n) is 7.57. The molecule has 3 aliphatic heterocycles. The molecule has 0 aliphatic carbocycles. The molecule has 0 saturated carbocycles. The summed E-state index contributed by atoms with van der Waals surface area (Å²) in [5.74, 6) is 0.227. The van der Waals surface area contributed by atoms with Gasteiger partial charge in [0.05, 0.1) is 17.0 Å². The third kappa shape index (κ3) is 4.49. The van der Waals surface area contributed by atoms with Crippen LogP contribution in [0, 0.1) is 11.3 Å². The zero-order chi connectivity index (χ0) is 28.8. The number of amides is 2. The molecule has 2 amide bonds. The lowest BCUT2D eigenvalue weighted by atomic mass is 9.76.